The van der Waals surface area contributed by atoms with Gasteiger partial charge < -0.3 is 10.4 Å². The highest BCUT2D eigenvalue weighted by Crippen LogP contribution is 2.32. The Morgan fingerprint density at radius 1 is 1.11 bits per heavy atom. The molecule has 148 valence electrons. The van der Waals surface area contributed by atoms with Crippen LogP contribution in [0.4, 0.5) is 19.0 Å². The molecule has 0 saturated heterocycles. The van der Waals surface area contributed by atoms with Crippen LogP contribution >= 0.6 is 0 Å². The van der Waals surface area contributed by atoms with Gasteiger partial charge in [0.15, 0.2) is 5.65 Å². The second kappa shape index (κ2) is 7.43. The zero-order valence-electron chi connectivity index (χ0n) is 15.2. The molecule has 1 saturated carbocycles. The summed E-state index contributed by atoms with van der Waals surface area (Å²) in [6, 6.07) is 8.84. The third kappa shape index (κ3) is 3.96. The fourth-order valence-corrected chi connectivity index (χ4v) is 3.68. The minimum atomic E-state index is -4.41. The maximum absolute atomic E-state index is 13.0. The molecule has 1 aliphatic carbocycles. The molecule has 2 atom stereocenters. The summed E-state index contributed by atoms with van der Waals surface area (Å²) in [5.74, 6) is 0.609. The lowest BCUT2D eigenvalue weighted by Gasteiger charge is -2.19. The van der Waals surface area contributed by atoms with Crippen LogP contribution in [0.3, 0.4) is 0 Å². The van der Waals surface area contributed by atoms with Crippen LogP contribution in [-0.2, 0) is 6.18 Å². The highest BCUT2D eigenvalue weighted by Gasteiger charge is 2.30. The van der Waals surface area contributed by atoms with Crippen molar-refractivity contribution < 1.29 is 18.3 Å². The van der Waals surface area contributed by atoms with Crippen molar-refractivity contribution in [1.29, 1.82) is 0 Å². The Hall–Kier alpha value is -2.61. The number of benzene rings is 1. The number of aliphatic hydroxyl groups excluding tert-OH is 1. The molecular weight excluding hydrogens is 369 g/mol. The molecule has 3 aromatic rings. The lowest BCUT2D eigenvalue weighted by atomic mass is 10.1. The molecule has 0 bridgehead atoms. The number of nitrogens with zero attached hydrogens (tertiary/aromatic N) is 3. The summed E-state index contributed by atoms with van der Waals surface area (Å²) in [6.45, 7) is 0. The average molecular weight is 390 g/mol. The van der Waals surface area contributed by atoms with Gasteiger partial charge in [0.2, 0.25) is 0 Å². The second-order valence-electron chi connectivity index (χ2n) is 7.23. The number of aliphatic hydroxyl groups is 1. The number of alkyl halides is 3. The average Bonchev–Trinajstić information content (AvgIpc) is 2.96. The lowest BCUT2D eigenvalue weighted by Crippen LogP contribution is -2.24. The third-order valence-electron chi connectivity index (χ3n) is 5.10. The number of nitrogens with one attached hydrogen (secondary N) is 1. The molecule has 5 nitrogen and oxygen atoms in total. The van der Waals surface area contributed by atoms with E-state index < -0.39 is 11.7 Å². The molecule has 0 aliphatic heterocycles. The van der Waals surface area contributed by atoms with Crippen molar-refractivity contribution >= 4 is 11.5 Å². The summed E-state index contributed by atoms with van der Waals surface area (Å²) in [7, 11) is 0. The van der Waals surface area contributed by atoms with E-state index in [1.165, 1.54) is 12.3 Å². The van der Waals surface area contributed by atoms with Gasteiger partial charge in [-0.2, -0.15) is 13.2 Å². The first-order valence-corrected chi connectivity index (χ1v) is 9.37. The Balaban J connectivity index is 1.65. The van der Waals surface area contributed by atoms with Gasteiger partial charge in [0.05, 0.1) is 23.6 Å². The van der Waals surface area contributed by atoms with E-state index in [9.17, 15) is 18.3 Å². The van der Waals surface area contributed by atoms with Crippen molar-refractivity contribution in [1.82, 2.24) is 14.6 Å². The van der Waals surface area contributed by atoms with E-state index in [2.05, 4.69) is 15.4 Å². The van der Waals surface area contributed by atoms with Gasteiger partial charge in [0.25, 0.3) is 0 Å². The van der Waals surface area contributed by atoms with E-state index in [0.717, 1.165) is 37.8 Å². The predicted octanol–water partition coefficient (Wildman–Crippen LogP) is 4.52. The standard InChI is InChI=1S/C20H21F3N4O/c21-20(22,23)14-5-3-4-13(10-14)17-12-24-19-9-8-18(26-27(17)19)25-15-6-1-2-7-16(28)11-15/h3-5,8-10,12,15-16,28H,1-2,6-7,11H2,(H,25,26)/t15-,16-/m1/s1. The molecule has 2 heterocycles. The SMILES string of the molecule is O[C@@H]1CCCC[C@@H](Nc2ccc3ncc(-c4cccc(C(F)(F)F)c4)n3n2)C1. The van der Waals surface area contributed by atoms with E-state index in [4.69, 9.17) is 0 Å². The van der Waals surface area contributed by atoms with Crippen molar-refractivity contribution in [2.75, 3.05) is 5.32 Å². The largest absolute Gasteiger partial charge is 0.416 e. The van der Waals surface area contributed by atoms with Gasteiger partial charge in [-0.1, -0.05) is 25.0 Å². The monoisotopic (exact) mass is 390 g/mol. The van der Waals surface area contributed by atoms with Crippen LogP contribution in [0.25, 0.3) is 16.9 Å². The first kappa shape index (κ1) is 18.7. The van der Waals surface area contributed by atoms with Crippen LogP contribution in [0.2, 0.25) is 0 Å². The van der Waals surface area contributed by atoms with Gasteiger partial charge in [0.1, 0.15) is 5.82 Å². The molecule has 4 rings (SSSR count). The molecule has 1 aliphatic rings. The maximum atomic E-state index is 13.0. The molecule has 1 aromatic carbocycles. The van der Waals surface area contributed by atoms with E-state index in [1.54, 1.807) is 22.7 Å². The Kier molecular flexibility index (Phi) is 4.97. The van der Waals surface area contributed by atoms with Crippen LogP contribution in [0, 0.1) is 0 Å². The quantitative estimate of drug-likeness (QED) is 0.646. The topological polar surface area (TPSA) is 62.5 Å². The molecule has 28 heavy (non-hydrogen) atoms. The summed E-state index contributed by atoms with van der Waals surface area (Å²) in [5, 5.41) is 17.9. The summed E-state index contributed by atoms with van der Waals surface area (Å²) in [5.41, 5.74) is 0.739. The van der Waals surface area contributed by atoms with Crippen LogP contribution in [0.5, 0.6) is 0 Å². The molecule has 8 heteroatoms. The highest BCUT2D eigenvalue weighted by atomic mass is 19.4. The molecule has 0 spiro atoms. The van der Waals surface area contributed by atoms with Crippen LogP contribution in [-0.4, -0.2) is 31.9 Å². The zero-order valence-corrected chi connectivity index (χ0v) is 15.2. The van der Waals surface area contributed by atoms with E-state index >= 15 is 0 Å². The van der Waals surface area contributed by atoms with Crippen LogP contribution in [0.1, 0.15) is 37.7 Å². The number of fused-ring (bicyclic) bond motifs is 1. The van der Waals surface area contributed by atoms with Crippen molar-refractivity contribution in [3.63, 3.8) is 0 Å². The molecular formula is C20H21F3N4O. The summed E-state index contributed by atoms with van der Waals surface area (Å²) in [4.78, 5) is 4.25. The number of aromatic nitrogens is 3. The van der Waals surface area contributed by atoms with Gasteiger partial charge in [-0.15, -0.1) is 5.10 Å². The van der Waals surface area contributed by atoms with Crippen molar-refractivity contribution in [3.05, 3.63) is 48.2 Å². The highest BCUT2D eigenvalue weighted by molar-refractivity contribution is 5.64. The first-order valence-electron chi connectivity index (χ1n) is 9.37. The molecule has 2 N–H and O–H groups in total. The minimum Gasteiger partial charge on any atom is -0.393 e. The molecule has 0 unspecified atom stereocenters. The Labute approximate surface area is 160 Å². The number of anilines is 1. The molecule has 2 aromatic heterocycles. The normalized spacial score (nSPS) is 20.9. The van der Waals surface area contributed by atoms with Crippen LogP contribution < -0.4 is 5.32 Å². The maximum Gasteiger partial charge on any atom is 0.416 e. The molecule has 1 fully saturated rings. The van der Waals surface area contributed by atoms with Crippen molar-refractivity contribution in [2.24, 2.45) is 0 Å². The van der Waals surface area contributed by atoms with Gasteiger partial charge in [-0.05, 0) is 43.5 Å². The second-order valence-corrected chi connectivity index (χ2v) is 7.23. The van der Waals surface area contributed by atoms with Gasteiger partial charge in [0, 0.05) is 11.6 Å². The fourth-order valence-electron chi connectivity index (χ4n) is 3.68. The molecule has 0 amide bonds. The Morgan fingerprint density at radius 3 is 2.75 bits per heavy atom. The predicted molar refractivity (Wildman–Crippen MR) is 99.9 cm³/mol. The number of halogens is 3. The first-order chi connectivity index (χ1) is 13.4. The Morgan fingerprint density at radius 2 is 1.93 bits per heavy atom. The van der Waals surface area contributed by atoms with Gasteiger partial charge in [-0.3, -0.25) is 0 Å². The van der Waals surface area contributed by atoms with Crippen molar-refractivity contribution in [2.45, 2.75) is 50.4 Å². The smallest absolute Gasteiger partial charge is 0.393 e. The van der Waals surface area contributed by atoms with Gasteiger partial charge >= 0.3 is 6.18 Å². The summed E-state index contributed by atoms with van der Waals surface area (Å²) < 4.78 is 40.7. The third-order valence-corrected chi connectivity index (χ3v) is 5.10. The van der Waals surface area contributed by atoms with E-state index in [-0.39, 0.29) is 12.1 Å². The van der Waals surface area contributed by atoms with E-state index in [0.29, 0.717) is 29.1 Å². The number of hydrogen-bond acceptors (Lipinski definition) is 4. The zero-order chi connectivity index (χ0) is 19.7. The summed E-state index contributed by atoms with van der Waals surface area (Å²) in [6.07, 6.45) is 1.26. The molecule has 0 radical (unpaired) electrons. The number of imidazole rings is 1. The van der Waals surface area contributed by atoms with Crippen LogP contribution in [0.15, 0.2) is 42.6 Å². The Bertz CT molecular complexity index is 969. The minimum absolute atomic E-state index is 0.114. The summed E-state index contributed by atoms with van der Waals surface area (Å²) >= 11 is 0. The van der Waals surface area contributed by atoms with Crippen molar-refractivity contribution in [3.8, 4) is 11.3 Å². The van der Waals surface area contributed by atoms with E-state index in [1.807, 2.05) is 0 Å². The number of hydrogen-bond donors (Lipinski definition) is 2. The fraction of sp³-hybridized carbons (Fsp3) is 0.400. The van der Waals surface area contributed by atoms with Gasteiger partial charge in [-0.25, -0.2) is 9.50 Å². The number of rotatable bonds is 3. The lowest BCUT2D eigenvalue weighted by molar-refractivity contribution is -0.137.